The second-order valence-electron chi connectivity index (χ2n) is 5.50. The molecule has 0 aromatic rings. The molecule has 0 heterocycles. The predicted octanol–water partition coefficient (Wildman–Crippen LogP) is 4.55. The second-order valence-corrected chi connectivity index (χ2v) is 7.20. The van der Waals surface area contributed by atoms with E-state index in [1.165, 1.54) is 15.0 Å². The van der Waals surface area contributed by atoms with E-state index >= 15 is 0 Å². The van der Waals surface area contributed by atoms with Crippen LogP contribution in [0.2, 0.25) is 0 Å². The molecule has 0 aliphatic heterocycles. The van der Waals surface area contributed by atoms with Crippen LogP contribution in [0.25, 0.3) is 0 Å². The van der Waals surface area contributed by atoms with Crippen molar-refractivity contribution >= 4 is 3.90 Å². The standard InChI is InChI=1S/C15H26.W/c1-11(2)8-9-15(10-12(3)4)14(7)13(5)6;/h9,11-13H,7,10H2,1-6H3;. The average Bonchev–Trinajstić information content (AvgIpc) is 2.14. The number of rotatable bonds is 6. The Kier molecular flexibility index (Phi) is 7.40. The van der Waals surface area contributed by atoms with Crippen molar-refractivity contribution in [3.8, 4) is 0 Å². The van der Waals surface area contributed by atoms with Gasteiger partial charge in [0, 0.05) is 0 Å². The summed E-state index contributed by atoms with van der Waals surface area (Å²) < 4.78 is 1.54. The van der Waals surface area contributed by atoms with E-state index in [9.17, 15) is 0 Å². The zero-order valence-corrected chi connectivity index (χ0v) is 14.6. The maximum atomic E-state index is 4.25. The molecule has 0 nitrogen and oxygen atoms in total. The molecule has 16 heavy (non-hydrogen) atoms. The maximum absolute atomic E-state index is 4.25. The first-order valence-electron chi connectivity index (χ1n) is 6.19. The number of allylic oxidation sites excluding steroid dienone is 3. The van der Waals surface area contributed by atoms with Gasteiger partial charge >= 0.3 is 113 Å². The SMILES string of the molecule is C=C(C(=C[C](=[W])C(C)C)CC(C)C)C(C)C. The van der Waals surface area contributed by atoms with E-state index in [0.717, 1.165) is 6.42 Å². The van der Waals surface area contributed by atoms with E-state index in [1.807, 2.05) is 0 Å². The molecule has 0 saturated carbocycles. The fraction of sp³-hybridized carbons (Fsp3) is 0.667. The van der Waals surface area contributed by atoms with Gasteiger partial charge in [0.05, 0.1) is 0 Å². The quantitative estimate of drug-likeness (QED) is 0.584. The summed E-state index contributed by atoms with van der Waals surface area (Å²) in [6.45, 7) is 17.8. The van der Waals surface area contributed by atoms with Gasteiger partial charge in [0.1, 0.15) is 0 Å². The summed E-state index contributed by atoms with van der Waals surface area (Å²) >= 11 is 1.59. The molecule has 0 aromatic heterocycles. The Bertz CT molecular complexity index is 280. The molecule has 0 unspecified atom stereocenters. The summed E-state index contributed by atoms with van der Waals surface area (Å²) in [5.74, 6) is 1.92. The first-order valence-corrected chi connectivity index (χ1v) is 7.65. The fourth-order valence-corrected chi connectivity index (χ4v) is 1.94. The first-order chi connectivity index (χ1) is 7.25. The molecular weight excluding hydrogens is 364 g/mol. The Morgan fingerprint density at radius 2 is 1.56 bits per heavy atom. The minimum absolute atomic E-state index is 0.556. The Labute approximate surface area is 113 Å². The second kappa shape index (κ2) is 7.38. The molecule has 0 amide bonds. The van der Waals surface area contributed by atoms with Crippen LogP contribution >= 0.6 is 0 Å². The molecule has 0 radical (unpaired) electrons. The van der Waals surface area contributed by atoms with Crippen LogP contribution in [-0.4, -0.2) is 3.90 Å². The van der Waals surface area contributed by atoms with Crippen molar-refractivity contribution in [2.45, 2.75) is 48.0 Å². The van der Waals surface area contributed by atoms with Crippen molar-refractivity contribution < 1.29 is 19.4 Å². The van der Waals surface area contributed by atoms with Crippen LogP contribution < -0.4 is 0 Å². The molecule has 1 heteroatoms. The molecule has 0 aliphatic carbocycles. The van der Waals surface area contributed by atoms with Crippen LogP contribution in [0.4, 0.5) is 0 Å². The minimum atomic E-state index is 0.556. The summed E-state index contributed by atoms with van der Waals surface area (Å²) in [4.78, 5) is 0. The Morgan fingerprint density at radius 1 is 1.06 bits per heavy atom. The molecule has 92 valence electrons. The van der Waals surface area contributed by atoms with Crippen LogP contribution in [-0.2, 0) is 19.4 Å². The van der Waals surface area contributed by atoms with Crippen molar-refractivity contribution in [2.75, 3.05) is 0 Å². The number of hydrogen-bond acceptors (Lipinski definition) is 0. The van der Waals surface area contributed by atoms with Crippen molar-refractivity contribution in [3.63, 3.8) is 0 Å². The van der Waals surface area contributed by atoms with E-state index in [0.29, 0.717) is 17.8 Å². The van der Waals surface area contributed by atoms with E-state index in [2.05, 4.69) is 54.2 Å². The van der Waals surface area contributed by atoms with Crippen LogP contribution in [0.3, 0.4) is 0 Å². The molecule has 0 aromatic carbocycles. The third-order valence-corrected chi connectivity index (χ3v) is 4.74. The van der Waals surface area contributed by atoms with Gasteiger partial charge in [-0.2, -0.15) is 0 Å². The molecule has 0 fully saturated rings. The van der Waals surface area contributed by atoms with Gasteiger partial charge in [0.15, 0.2) is 0 Å². The molecular formula is C15H26W. The van der Waals surface area contributed by atoms with Crippen molar-refractivity contribution in [3.05, 3.63) is 23.8 Å². The Balaban J connectivity index is 4.94. The summed E-state index contributed by atoms with van der Waals surface area (Å²) in [5.41, 5.74) is 2.77. The molecule has 0 N–H and O–H groups in total. The van der Waals surface area contributed by atoms with Crippen molar-refractivity contribution in [2.24, 2.45) is 17.8 Å². The van der Waals surface area contributed by atoms with Gasteiger partial charge < -0.3 is 0 Å². The van der Waals surface area contributed by atoms with Crippen LogP contribution in [0.1, 0.15) is 48.0 Å². The summed E-state index contributed by atoms with van der Waals surface area (Å²) in [6.07, 6.45) is 3.54. The predicted molar refractivity (Wildman–Crippen MR) is 71.4 cm³/mol. The van der Waals surface area contributed by atoms with Gasteiger partial charge in [-0.25, -0.2) is 0 Å². The first kappa shape index (κ1) is 16.0. The fourth-order valence-electron chi connectivity index (χ4n) is 1.43. The van der Waals surface area contributed by atoms with Crippen molar-refractivity contribution in [1.82, 2.24) is 0 Å². The summed E-state index contributed by atoms with van der Waals surface area (Å²) in [7, 11) is 0. The topological polar surface area (TPSA) is 0 Å². The molecule has 0 atom stereocenters. The van der Waals surface area contributed by atoms with Gasteiger partial charge in [-0.1, -0.05) is 0 Å². The van der Waals surface area contributed by atoms with Gasteiger partial charge in [-0.3, -0.25) is 0 Å². The molecule has 0 aliphatic rings. The zero-order chi connectivity index (χ0) is 12.9. The van der Waals surface area contributed by atoms with E-state index in [-0.39, 0.29) is 0 Å². The third kappa shape index (κ3) is 5.94. The van der Waals surface area contributed by atoms with E-state index in [1.54, 1.807) is 19.4 Å². The third-order valence-electron chi connectivity index (χ3n) is 2.62. The van der Waals surface area contributed by atoms with E-state index < -0.39 is 0 Å². The summed E-state index contributed by atoms with van der Waals surface area (Å²) in [6, 6.07) is 0. The Hall–Kier alpha value is 0.0383. The Morgan fingerprint density at radius 3 is 1.88 bits per heavy atom. The van der Waals surface area contributed by atoms with Crippen LogP contribution in [0, 0.1) is 17.8 Å². The van der Waals surface area contributed by atoms with Crippen LogP contribution in [0.5, 0.6) is 0 Å². The number of hydrogen-bond donors (Lipinski definition) is 0. The van der Waals surface area contributed by atoms with Gasteiger partial charge in [-0.05, 0) is 0 Å². The normalized spacial score (nSPS) is 12.7. The average molecular weight is 390 g/mol. The zero-order valence-electron chi connectivity index (χ0n) is 11.6. The van der Waals surface area contributed by atoms with Crippen LogP contribution in [0.15, 0.2) is 23.8 Å². The van der Waals surface area contributed by atoms with Gasteiger partial charge in [0.25, 0.3) is 0 Å². The van der Waals surface area contributed by atoms with Crippen molar-refractivity contribution in [1.29, 1.82) is 0 Å². The van der Waals surface area contributed by atoms with Gasteiger partial charge in [-0.15, -0.1) is 0 Å². The summed E-state index contributed by atoms with van der Waals surface area (Å²) in [5, 5.41) is 0. The molecule has 0 saturated heterocycles. The molecule has 0 spiro atoms. The van der Waals surface area contributed by atoms with E-state index in [4.69, 9.17) is 0 Å². The molecule has 0 bridgehead atoms. The van der Waals surface area contributed by atoms with Gasteiger partial charge in [0.2, 0.25) is 0 Å². The molecule has 0 rings (SSSR count). The monoisotopic (exact) mass is 390 g/mol.